The maximum Gasteiger partial charge on any atom is 0.336 e. The van der Waals surface area contributed by atoms with Crippen molar-refractivity contribution in [1.82, 2.24) is 0 Å². The number of carboxylic acids is 3. The third-order valence-corrected chi connectivity index (χ3v) is 2.73. The molecule has 0 spiro atoms. The molecule has 0 fully saturated rings. The number of hydrogen-bond donors (Lipinski definition) is 4. The molecule has 0 atom stereocenters. The monoisotopic (exact) mass is 344 g/mol. The highest BCUT2D eigenvalue weighted by atomic mass is 16.4. The van der Waals surface area contributed by atoms with Crippen molar-refractivity contribution < 1.29 is 39.6 Å². The van der Waals surface area contributed by atoms with E-state index in [1.54, 1.807) is 6.08 Å². The lowest BCUT2D eigenvalue weighted by Crippen LogP contribution is -2.42. The molecule has 4 N–H and O–H groups in total. The van der Waals surface area contributed by atoms with E-state index in [2.05, 4.69) is 19.9 Å². The summed E-state index contributed by atoms with van der Waals surface area (Å²) in [4.78, 5) is 40.5. The maximum atomic E-state index is 10.3. The number of carbonyl (C=O) groups excluding carboxylic acids is 1. The first-order valence-electron chi connectivity index (χ1n) is 7.08. The predicted molar refractivity (Wildman–Crippen MR) is 85.6 cm³/mol. The topological polar surface area (TPSA) is 149 Å². The van der Waals surface area contributed by atoms with E-state index in [1.807, 2.05) is 6.92 Å². The fourth-order valence-electron chi connectivity index (χ4n) is 1.50. The van der Waals surface area contributed by atoms with Crippen LogP contribution >= 0.6 is 0 Å². The highest BCUT2D eigenvalue weighted by Gasteiger charge is 2.40. The SMILES string of the molecule is CC(C)=CCCC(C)=CC=O.O=C(O)CC(O)(CC(=O)O)C(=O)O. The fraction of sp³-hybridized carbons (Fsp3) is 0.500. The van der Waals surface area contributed by atoms with Gasteiger partial charge in [-0.1, -0.05) is 17.2 Å². The van der Waals surface area contributed by atoms with Gasteiger partial charge in [0.15, 0.2) is 5.60 Å². The zero-order valence-electron chi connectivity index (χ0n) is 14.0. The van der Waals surface area contributed by atoms with E-state index in [1.165, 1.54) is 5.57 Å². The fourth-order valence-corrected chi connectivity index (χ4v) is 1.50. The van der Waals surface area contributed by atoms with E-state index in [-0.39, 0.29) is 0 Å². The van der Waals surface area contributed by atoms with E-state index >= 15 is 0 Å². The van der Waals surface area contributed by atoms with Crippen LogP contribution in [0.15, 0.2) is 23.3 Å². The van der Waals surface area contributed by atoms with E-state index in [4.69, 9.17) is 20.4 Å². The Balaban J connectivity index is 0. The minimum atomic E-state index is -2.74. The Morgan fingerprint density at radius 3 is 1.71 bits per heavy atom. The van der Waals surface area contributed by atoms with Crippen molar-refractivity contribution in [3.8, 4) is 0 Å². The minimum Gasteiger partial charge on any atom is -0.481 e. The average molecular weight is 344 g/mol. The summed E-state index contributed by atoms with van der Waals surface area (Å²) in [5.41, 5.74) is -0.251. The second-order valence-corrected chi connectivity index (χ2v) is 5.45. The van der Waals surface area contributed by atoms with Crippen LogP contribution in [0.1, 0.15) is 46.5 Å². The number of carbonyl (C=O) groups is 4. The molecule has 0 aromatic rings. The van der Waals surface area contributed by atoms with Gasteiger partial charge in [0.05, 0.1) is 12.8 Å². The average Bonchev–Trinajstić information content (AvgIpc) is 2.37. The highest BCUT2D eigenvalue weighted by molar-refractivity contribution is 5.88. The van der Waals surface area contributed by atoms with Crippen LogP contribution in [0.5, 0.6) is 0 Å². The van der Waals surface area contributed by atoms with Crippen LogP contribution < -0.4 is 0 Å². The smallest absolute Gasteiger partial charge is 0.336 e. The number of carboxylic acid groups (broad SMARTS) is 3. The molecule has 0 rings (SSSR count). The molecule has 0 radical (unpaired) electrons. The Hall–Kier alpha value is -2.48. The summed E-state index contributed by atoms with van der Waals surface area (Å²) in [6, 6.07) is 0. The van der Waals surface area contributed by atoms with E-state index in [0.29, 0.717) is 0 Å². The highest BCUT2D eigenvalue weighted by Crippen LogP contribution is 2.15. The van der Waals surface area contributed by atoms with Gasteiger partial charge in [0.2, 0.25) is 0 Å². The number of aliphatic hydroxyl groups is 1. The van der Waals surface area contributed by atoms with Crippen molar-refractivity contribution in [3.63, 3.8) is 0 Å². The van der Waals surface area contributed by atoms with Gasteiger partial charge in [0.1, 0.15) is 6.29 Å². The summed E-state index contributed by atoms with van der Waals surface area (Å²) in [5, 5.41) is 33.8. The van der Waals surface area contributed by atoms with E-state index < -0.39 is 36.4 Å². The summed E-state index contributed by atoms with van der Waals surface area (Å²) in [5.74, 6) is -5.02. The van der Waals surface area contributed by atoms with Gasteiger partial charge >= 0.3 is 17.9 Å². The summed E-state index contributed by atoms with van der Waals surface area (Å²) in [6.45, 7) is 6.14. The van der Waals surface area contributed by atoms with Crippen molar-refractivity contribution in [3.05, 3.63) is 23.3 Å². The standard InChI is InChI=1S/C10H16O.C6H8O7/c1-9(2)5-4-6-10(3)7-8-11;7-3(8)1-6(13,5(11)12)2-4(9)10/h5,7-8H,4,6H2,1-3H3;13H,1-2H2,(H,7,8)(H,9,10)(H,11,12). The molecular weight excluding hydrogens is 320 g/mol. The first kappa shape index (κ1) is 23.8. The summed E-state index contributed by atoms with van der Waals surface area (Å²) in [7, 11) is 0. The first-order chi connectivity index (χ1) is 10.9. The number of aliphatic carboxylic acids is 3. The molecule has 0 saturated heterocycles. The van der Waals surface area contributed by atoms with Crippen LogP contribution in [0.25, 0.3) is 0 Å². The third-order valence-electron chi connectivity index (χ3n) is 2.73. The third kappa shape index (κ3) is 13.2. The van der Waals surface area contributed by atoms with Gasteiger partial charge < -0.3 is 20.4 Å². The molecular formula is C16H24O8. The van der Waals surface area contributed by atoms with Crippen LogP contribution in [0, 0.1) is 0 Å². The molecule has 0 amide bonds. The summed E-state index contributed by atoms with van der Waals surface area (Å²) < 4.78 is 0. The normalized spacial score (nSPS) is 10.9. The lowest BCUT2D eigenvalue weighted by atomic mass is 9.96. The van der Waals surface area contributed by atoms with Crippen molar-refractivity contribution in [2.24, 2.45) is 0 Å². The van der Waals surface area contributed by atoms with E-state index in [0.717, 1.165) is 24.7 Å². The predicted octanol–water partition coefficient (Wildman–Crippen LogP) is 1.63. The van der Waals surface area contributed by atoms with Crippen LogP contribution in [0.3, 0.4) is 0 Å². The molecule has 0 heterocycles. The van der Waals surface area contributed by atoms with Gasteiger partial charge in [-0.2, -0.15) is 0 Å². The Labute approximate surface area is 140 Å². The number of allylic oxidation sites excluding steroid dienone is 4. The molecule has 0 aromatic carbocycles. The zero-order chi connectivity index (χ0) is 19.3. The molecule has 8 heteroatoms. The largest absolute Gasteiger partial charge is 0.481 e. The lowest BCUT2D eigenvalue weighted by Gasteiger charge is -2.18. The summed E-state index contributed by atoms with van der Waals surface area (Å²) >= 11 is 0. The van der Waals surface area contributed by atoms with E-state index in [9.17, 15) is 19.2 Å². The molecule has 0 aliphatic heterocycles. The quantitative estimate of drug-likeness (QED) is 0.280. The van der Waals surface area contributed by atoms with Crippen LogP contribution in [0.2, 0.25) is 0 Å². The number of aldehydes is 1. The van der Waals surface area contributed by atoms with Gasteiger partial charge in [-0.15, -0.1) is 0 Å². The minimum absolute atomic E-state index is 0.845. The molecule has 0 aliphatic rings. The number of hydrogen-bond acceptors (Lipinski definition) is 5. The Morgan fingerprint density at radius 1 is 0.958 bits per heavy atom. The van der Waals surface area contributed by atoms with Crippen LogP contribution in [-0.2, 0) is 19.2 Å². The molecule has 24 heavy (non-hydrogen) atoms. The van der Waals surface area contributed by atoms with Crippen molar-refractivity contribution in [2.45, 2.75) is 52.1 Å². The summed E-state index contributed by atoms with van der Waals surface area (Å²) in [6.07, 6.45) is 4.39. The van der Waals surface area contributed by atoms with Gasteiger partial charge in [-0.05, 0) is 39.7 Å². The van der Waals surface area contributed by atoms with Crippen LogP contribution in [0.4, 0.5) is 0 Å². The van der Waals surface area contributed by atoms with Crippen molar-refractivity contribution in [1.29, 1.82) is 0 Å². The Morgan fingerprint density at radius 2 is 1.42 bits per heavy atom. The molecule has 0 saturated carbocycles. The zero-order valence-corrected chi connectivity index (χ0v) is 14.0. The van der Waals surface area contributed by atoms with Crippen molar-refractivity contribution in [2.75, 3.05) is 0 Å². The van der Waals surface area contributed by atoms with Gasteiger partial charge in [0, 0.05) is 0 Å². The second-order valence-electron chi connectivity index (χ2n) is 5.45. The van der Waals surface area contributed by atoms with Gasteiger partial charge in [-0.25, -0.2) is 4.79 Å². The van der Waals surface area contributed by atoms with Crippen molar-refractivity contribution >= 4 is 24.2 Å². The molecule has 0 unspecified atom stereocenters. The van der Waals surface area contributed by atoms with Gasteiger partial charge in [0.25, 0.3) is 0 Å². The molecule has 0 aliphatic carbocycles. The maximum absolute atomic E-state index is 10.3. The first-order valence-corrected chi connectivity index (χ1v) is 7.08. The van der Waals surface area contributed by atoms with Gasteiger partial charge in [-0.3, -0.25) is 14.4 Å². The molecule has 8 nitrogen and oxygen atoms in total. The Kier molecular flexibility index (Phi) is 11.9. The second kappa shape index (κ2) is 12.0. The lowest BCUT2D eigenvalue weighted by molar-refractivity contribution is -0.170. The number of rotatable bonds is 9. The molecule has 0 bridgehead atoms. The molecule has 136 valence electrons. The van der Waals surface area contributed by atoms with Crippen LogP contribution in [-0.4, -0.2) is 50.2 Å². The Bertz CT molecular complexity index is 496. The molecule has 0 aromatic heterocycles.